The minimum Gasteiger partial charge on any atom is -0.481 e. The number of hydrogen-bond donors (Lipinski definition) is 10. The van der Waals surface area contributed by atoms with Crippen LogP contribution in [0.1, 0.15) is 329 Å². The number of carbonyl (C=O) groups excluding carboxylic acids is 11. The molecule has 33 heteroatoms. The first-order valence-electron chi connectivity index (χ1n) is 45.4. The number of carbonyl (C=O) groups is 15. The normalized spacial score (nSPS) is 12.4. The standard InChI is InChI=1S/C89H156N6O27/c1-70(96)71(39-35-51-91-83(105)68-121-62-63-122-95-84(106)69-120-61-57-115-53-36-40-73(97)46-47-75(87(111)112)93-80(102)42-29-25-21-17-13-9-5-7-11-15-19-23-27-31-44-85(107)108)64-77(99)72(65-78(100)89(2,3)4)38-33-34-50-90-82(104)67-119-60-56-116-54-37-41-74(98)66-118-59-58-117-55-52-92-79(101)49-48-76(88(113)114)94-81(103)43-30-26-22-18-14-10-6-8-12-16-20-24-28-32-45-86(109)110/h71-72,75-76H,5-69H2,1-4H3,(H,90,104)(H,91,105)(H,92,101)(H,93,102)(H,94,103)(H,95,106)(H,107,108)(H,109,110)(H,111,112)(H,113,114)/t71-,72-,75+,76+/m1/s1. The highest BCUT2D eigenvalue weighted by Crippen LogP contribution is 2.27. The number of ketones is 5. The van der Waals surface area contributed by atoms with E-state index in [-0.39, 0.29) is 235 Å². The van der Waals surface area contributed by atoms with Crippen molar-refractivity contribution in [3.05, 3.63) is 0 Å². The predicted octanol–water partition coefficient (Wildman–Crippen LogP) is 11.3. The summed E-state index contributed by atoms with van der Waals surface area (Å²) >= 11 is 0. The number of Topliss-reactive ketones (excluding diaryl/α,β-unsaturated/α-hetero) is 5. The van der Waals surface area contributed by atoms with Crippen molar-refractivity contribution in [1.29, 1.82) is 0 Å². The second-order valence-electron chi connectivity index (χ2n) is 32.6. The van der Waals surface area contributed by atoms with Crippen LogP contribution in [-0.4, -0.2) is 239 Å². The Hall–Kier alpha value is -7.27. The second-order valence-corrected chi connectivity index (χ2v) is 32.6. The highest BCUT2D eigenvalue weighted by molar-refractivity contribution is 5.93. The molecule has 6 amide bonds. The van der Waals surface area contributed by atoms with Gasteiger partial charge in [0.1, 0.15) is 61.6 Å². The minimum atomic E-state index is -1.20. The van der Waals surface area contributed by atoms with E-state index in [1.54, 1.807) is 20.8 Å². The maximum Gasteiger partial charge on any atom is 0.326 e. The van der Waals surface area contributed by atoms with Gasteiger partial charge in [0.15, 0.2) is 5.78 Å². The van der Waals surface area contributed by atoms with E-state index in [2.05, 4.69) is 32.1 Å². The molecular formula is C89H156N6O27. The molecule has 10 N–H and O–H groups in total. The van der Waals surface area contributed by atoms with E-state index in [1.807, 2.05) is 0 Å². The van der Waals surface area contributed by atoms with Crippen LogP contribution in [0.5, 0.6) is 0 Å². The van der Waals surface area contributed by atoms with E-state index < -0.39 is 65.0 Å². The Morgan fingerprint density at radius 1 is 0.287 bits per heavy atom. The Morgan fingerprint density at radius 2 is 0.648 bits per heavy atom. The SMILES string of the molecule is CC(=O)[C@H](CCCNC(=O)COCCONC(=O)COCCOCCCC(=O)CC[C@H](NC(=O)CCCCCCCCCCCCCCCCC(=O)O)C(=O)O)CC(=O)[C@H](CCCCNC(=O)COCCOCCCC(=O)COCCOCCNC(=O)CC[C@H](NC(=O)CCCCCCCCCCCCCCCCC(=O)O)C(=O)O)CC(=O)C(C)(C)C. The first-order valence-corrected chi connectivity index (χ1v) is 45.4. The van der Waals surface area contributed by atoms with Gasteiger partial charge in [0, 0.05) is 114 Å². The summed E-state index contributed by atoms with van der Waals surface area (Å²) in [6, 6.07) is -2.32. The molecule has 0 aliphatic rings. The fourth-order valence-corrected chi connectivity index (χ4v) is 13.1. The third kappa shape index (κ3) is 76.4. The summed E-state index contributed by atoms with van der Waals surface area (Å²) in [4.78, 5) is 188. The third-order valence-electron chi connectivity index (χ3n) is 20.5. The van der Waals surface area contributed by atoms with Crippen LogP contribution < -0.4 is 32.1 Å². The van der Waals surface area contributed by atoms with E-state index in [1.165, 1.54) is 71.1 Å². The first kappa shape index (κ1) is 115. The fraction of sp³-hybridized carbons (Fsp3) is 0.831. The largest absolute Gasteiger partial charge is 0.481 e. The number of amides is 6. The molecule has 0 bridgehead atoms. The lowest BCUT2D eigenvalue weighted by molar-refractivity contribution is -0.142. The van der Waals surface area contributed by atoms with Gasteiger partial charge < -0.3 is 80.2 Å². The number of unbranched alkanes of at least 4 members (excludes halogenated alkanes) is 27. The highest BCUT2D eigenvalue weighted by atomic mass is 16.7. The number of ether oxygens (including phenoxy) is 7. The Bertz CT molecular complexity index is 2880. The molecule has 0 spiro atoms. The van der Waals surface area contributed by atoms with Crippen molar-refractivity contribution in [2.75, 3.05) is 119 Å². The topological polar surface area (TPSA) is 483 Å². The minimum absolute atomic E-state index is 0.00130. The van der Waals surface area contributed by atoms with Crippen molar-refractivity contribution in [3.8, 4) is 0 Å². The third-order valence-corrected chi connectivity index (χ3v) is 20.5. The lowest BCUT2D eigenvalue weighted by atomic mass is 9.80. The maximum atomic E-state index is 13.8. The number of rotatable bonds is 91. The van der Waals surface area contributed by atoms with Crippen LogP contribution >= 0.6 is 0 Å². The average Bonchev–Trinajstić information content (AvgIpc) is 0.844. The number of hydrogen-bond acceptors (Lipinski definition) is 23. The zero-order valence-electron chi connectivity index (χ0n) is 74.4. The Balaban J connectivity index is 4.14. The number of carboxylic acids is 4. The molecule has 0 rings (SSSR count). The van der Waals surface area contributed by atoms with E-state index in [4.69, 9.17) is 48.2 Å². The molecule has 122 heavy (non-hydrogen) atoms. The van der Waals surface area contributed by atoms with Crippen molar-refractivity contribution in [3.63, 3.8) is 0 Å². The first-order chi connectivity index (χ1) is 58.6. The van der Waals surface area contributed by atoms with Gasteiger partial charge in [-0.2, -0.15) is 0 Å². The zero-order valence-corrected chi connectivity index (χ0v) is 74.4. The van der Waals surface area contributed by atoms with E-state index in [0.29, 0.717) is 70.9 Å². The summed E-state index contributed by atoms with van der Waals surface area (Å²) in [7, 11) is 0. The van der Waals surface area contributed by atoms with Crippen molar-refractivity contribution < 1.29 is 130 Å². The van der Waals surface area contributed by atoms with E-state index >= 15 is 0 Å². The van der Waals surface area contributed by atoms with Gasteiger partial charge in [-0.25, -0.2) is 15.1 Å². The number of hydroxylamine groups is 1. The lowest BCUT2D eigenvalue weighted by Crippen LogP contribution is -2.41. The number of carboxylic acid groups (broad SMARTS) is 4. The Labute approximate surface area is 725 Å². The highest BCUT2D eigenvalue weighted by Gasteiger charge is 2.31. The van der Waals surface area contributed by atoms with E-state index in [0.717, 1.165) is 103 Å². The van der Waals surface area contributed by atoms with Gasteiger partial charge in [0.05, 0.1) is 59.5 Å². The fourth-order valence-electron chi connectivity index (χ4n) is 13.1. The molecule has 0 aromatic heterocycles. The lowest BCUT2D eigenvalue weighted by Gasteiger charge is -2.23. The molecule has 0 fully saturated rings. The molecule has 0 radical (unpaired) electrons. The van der Waals surface area contributed by atoms with Gasteiger partial charge in [0.25, 0.3) is 5.91 Å². The Kier molecular flexibility index (Phi) is 74.9. The summed E-state index contributed by atoms with van der Waals surface area (Å²) in [6.45, 7) is 8.06. The monoisotopic (exact) mass is 1740 g/mol. The molecule has 0 saturated carbocycles. The van der Waals surface area contributed by atoms with Crippen molar-refractivity contribution >= 4 is 88.2 Å². The molecule has 0 saturated heterocycles. The average molecular weight is 1740 g/mol. The van der Waals surface area contributed by atoms with Crippen molar-refractivity contribution in [2.45, 2.75) is 342 Å². The van der Waals surface area contributed by atoms with Crippen LogP contribution in [0, 0.1) is 17.3 Å². The van der Waals surface area contributed by atoms with Gasteiger partial charge >= 0.3 is 23.9 Å². The molecule has 0 aromatic carbocycles. The van der Waals surface area contributed by atoms with Crippen LogP contribution in [0.25, 0.3) is 0 Å². The Morgan fingerprint density at radius 3 is 1.07 bits per heavy atom. The summed E-state index contributed by atoms with van der Waals surface area (Å²) in [5.41, 5.74) is 1.52. The van der Waals surface area contributed by atoms with Gasteiger partial charge in [-0.1, -0.05) is 181 Å². The molecule has 0 heterocycles. The second kappa shape index (κ2) is 79.6. The quantitative estimate of drug-likeness (QED) is 0.0200. The van der Waals surface area contributed by atoms with Crippen LogP contribution in [0.3, 0.4) is 0 Å². The summed E-state index contributed by atoms with van der Waals surface area (Å²) in [6.07, 6.45) is 33.8. The van der Waals surface area contributed by atoms with E-state index in [9.17, 15) is 82.1 Å². The molecule has 33 nitrogen and oxygen atoms in total. The molecule has 704 valence electrons. The predicted molar refractivity (Wildman–Crippen MR) is 457 cm³/mol. The van der Waals surface area contributed by atoms with Crippen LogP contribution in [0.4, 0.5) is 0 Å². The van der Waals surface area contributed by atoms with Gasteiger partial charge in [0.2, 0.25) is 29.5 Å². The molecule has 4 atom stereocenters. The van der Waals surface area contributed by atoms with Gasteiger partial charge in [-0.15, -0.1) is 0 Å². The number of aliphatic carboxylic acids is 4. The smallest absolute Gasteiger partial charge is 0.326 e. The summed E-state index contributed by atoms with van der Waals surface area (Å²) in [5, 5.41) is 49.9. The molecular weight excluding hydrogens is 1580 g/mol. The van der Waals surface area contributed by atoms with Gasteiger partial charge in [-0.3, -0.25) is 67.2 Å². The van der Waals surface area contributed by atoms with Gasteiger partial charge in [-0.05, 0) is 84.0 Å². The summed E-state index contributed by atoms with van der Waals surface area (Å²) in [5.74, 6) is -8.24. The molecule has 0 aliphatic carbocycles. The van der Waals surface area contributed by atoms with Crippen molar-refractivity contribution in [2.24, 2.45) is 17.3 Å². The zero-order chi connectivity index (χ0) is 90.3. The molecule has 0 aromatic rings. The van der Waals surface area contributed by atoms with Crippen molar-refractivity contribution in [1.82, 2.24) is 32.1 Å². The summed E-state index contributed by atoms with van der Waals surface area (Å²) < 4.78 is 37.9. The van der Waals surface area contributed by atoms with Crippen LogP contribution in [0.15, 0.2) is 0 Å². The molecule has 0 unspecified atom stereocenters. The maximum absolute atomic E-state index is 13.8. The van der Waals surface area contributed by atoms with Crippen LogP contribution in [0.2, 0.25) is 0 Å². The molecule has 0 aliphatic heterocycles. The van der Waals surface area contributed by atoms with Crippen LogP contribution in [-0.2, 0) is 110 Å². The number of nitrogens with one attached hydrogen (secondary N) is 6.